The average molecular weight is 392 g/mol. The summed E-state index contributed by atoms with van der Waals surface area (Å²) in [5, 5.41) is 0. The van der Waals surface area contributed by atoms with E-state index in [1.54, 1.807) is 4.90 Å². The largest absolute Gasteiger partial charge is 0.482 e. The molecule has 1 fully saturated rings. The zero-order chi connectivity index (χ0) is 20.6. The van der Waals surface area contributed by atoms with Crippen molar-refractivity contribution < 1.29 is 14.3 Å². The molecule has 0 saturated carbocycles. The second-order valence-electron chi connectivity index (χ2n) is 8.90. The summed E-state index contributed by atoms with van der Waals surface area (Å²) in [5.41, 5.74) is 3.65. The topological polar surface area (TPSA) is 49.9 Å². The Kier molecular flexibility index (Phi) is 5.07. The van der Waals surface area contributed by atoms with Crippen LogP contribution in [0.5, 0.6) is 5.75 Å². The fraction of sp³-hybridized carbons (Fsp3) is 0.417. The van der Waals surface area contributed by atoms with Crippen molar-refractivity contribution in [3.8, 4) is 5.75 Å². The number of ether oxygens (including phenoxy) is 1. The Morgan fingerprint density at radius 2 is 1.72 bits per heavy atom. The molecule has 0 unspecified atom stereocenters. The molecule has 29 heavy (non-hydrogen) atoms. The number of hydrogen-bond donors (Lipinski definition) is 0. The summed E-state index contributed by atoms with van der Waals surface area (Å²) >= 11 is 0. The molecule has 0 spiro atoms. The number of benzene rings is 2. The Hall–Kier alpha value is -2.82. The Labute approximate surface area is 172 Å². The van der Waals surface area contributed by atoms with E-state index < -0.39 is 0 Å². The number of fused-ring (bicyclic) bond motifs is 1. The third-order valence-corrected chi connectivity index (χ3v) is 5.70. The van der Waals surface area contributed by atoms with Gasteiger partial charge in [0.2, 0.25) is 0 Å². The first-order chi connectivity index (χ1) is 13.8. The lowest BCUT2D eigenvalue weighted by molar-refractivity contribution is -0.121. The third kappa shape index (κ3) is 4.00. The molecule has 2 aromatic carbocycles. The maximum absolute atomic E-state index is 12.6. The molecule has 0 aromatic heterocycles. The highest BCUT2D eigenvalue weighted by Gasteiger charge is 2.28. The summed E-state index contributed by atoms with van der Waals surface area (Å²) in [6, 6.07) is 13.7. The van der Waals surface area contributed by atoms with Gasteiger partial charge in [0.15, 0.2) is 6.61 Å². The van der Waals surface area contributed by atoms with Crippen LogP contribution in [0.25, 0.3) is 0 Å². The zero-order valence-corrected chi connectivity index (χ0v) is 17.4. The van der Waals surface area contributed by atoms with Gasteiger partial charge in [-0.15, -0.1) is 0 Å². The molecule has 5 heteroatoms. The molecule has 152 valence electrons. The Balaban J connectivity index is 1.56. The number of carbonyl (C=O) groups excluding carboxylic acids is 2. The summed E-state index contributed by atoms with van der Waals surface area (Å²) in [5.74, 6) is 0.774. The standard InChI is InChI=1S/C24H28N2O3/c1-24(2,3)19-10-11-21-20(14-19)26(22(27)16-29-21)15-17-6-8-18(9-7-17)23(28)25-12-4-5-13-25/h6-11,14H,4-5,12-13,15-16H2,1-3H3. The third-order valence-electron chi connectivity index (χ3n) is 5.70. The SMILES string of the molecule is CC(C)(C)c1ccc2c(c1)N(Cc1ccc(C(=O)N3CCCC3)cc1)C(=O)CO2. The molecule has 2 aliphatic heterocycles. The van der Waals surface area contributed by atoms with Gasteiger partial charge in [-0.25, -0.2) is 0 Å². The van der Waals surface area contributed by atoms with Crippen LogP contribution in [0.15, 0.2) is 42.5 Å². The Bertz CT molecular complexity index is 922. The van der Waals surface area contributed by atoms with Crippen molar-refractivity contribution in [2.75, 3.05) is 24.6 Å². The van der Waals surface area contributed by atoms with Crippen molar-refractivity contribution in [1.29, 1.82) is 0 Å². The van der Waals surface area contributed by atoms with Gasteiger partial charge in [-0.05, 0) is 53.6 Å². The Morgan fingerprint density at radius 3 is 2.38 bits per heavy atom. The Morgan fingerprint density at radius 1 is 1.03 bits per heavy atom. The van der Waals surface area contributed by atoms with E-state index in [-0.39, 0.29) is 23.8 Å². The molecule has 2 aromatic rings. The second-order valence-corrected chi connectivity index (χ2v) is 8.90. The highest BCUT2D eigenvalue weighted by molar-refractivity contribution is 5.98. The van der Waals surface area contributed by atoms with Crippen LogP contribution in [-0.4, -0.2) is 36.4 Å². The van der Waals surface area contributed by atoms with E-state index in [2.05, 4.69) is 32.9 Å². The molecule has 2 amide bonds. The van der Waals surface area contributed by atoms with Gasteiger partial charge >= 0.3 is 0 Å². The molecule has 5 nitrogen and oxygen atoms in total. The summed E-state index contributed by atoms with van der Waals surface area (Å²) in [6.07, 6.45) is 2.16. The summed E-state index contributed by atoms with van der Waals surface area (Å²) in [7, 11) is 0. The van der Waals surface area contributed by atoms with Gasteiger partial charge in [0, 0.05) is 18.7 Å². The van der Waals surface area contributed by atoms with Gasteiger partial charge in [0.05, 0.1) is 12.2 Å². The first-order valence-electron chi connectivity index (χ1n) is 10.3. The van der Waals surface area contributed by atoms with Crippen molar-refractivity contribution in [3.63, 3.8) is 0 Å². The molecule has 2 heterocycles. The van der Waals surface area contributed by atoms with Crippen LogP contribution >= 0.6 is 0 Å². The molecule has 0 atom stereocenters. The minimum absolute atomic E-state index is 0.0151. The van der Waals surface area contributed by atoms with Gasteiger partial charge in [-0.2, -0.15) is 0 Å². The molecule has 2 aliphatic rings. The fourth-order valence-corrected chi connectivity index (χ4v) is 3.88. The van der Waals surface area contributed by atoms with Crippen molar-refractivity contribution in [3.05, 3.63) is 59.2 Å². The predicted octanol–water partition coefficient (Wildman–Crippen LogP) is 4.15. The van der Waals surface area contributed by atoms with Gasteiger partial charge in [-0.3, -0.25) is 9.59 Å². The van der Waals surface area contributed by atoms with Crippen LogP contribution in [-0.2, 0) is 16.8 Å². The number of likely N-dealkylation sites (tertiary alicyclic amines) is 1. The van der Waals surface area contributed by atoms with Crippen LogP contribution in [0.4, 0.5) is 5.69 Å². The highest BCUT2D eigenvalue weighted by atomic mass is 16.5. The predicted molar refractivity (Wildman–Crippen MR) is 113 cm³/mol. The minimum Gasteiger partial charge on any atom is -0.482 e. The van der Waals surface area contributed by atoms with Crippen LogP contribution in [0, 0.1) is 0 Å². The maximum atomic E-state index is 12.6. The molecule has 0 N–H and O–H groups in total. The highest BCUT2D eigenvalue weighted by Crippen LogP contribution is 2.37. The molecule has 0 radical (unpaired) electrons. The van der Waals surface area contributed by atoms with Crippen molar-refractivity contribution >= 4 is 17.5 Å². The molecular formula is C24H28N2O3. The van der Waals surface area contributed by atoms with Crippen LogP contribution in [0.2, 0.25) is 0 Å². The van der Waals surface area contributed by atoms with E-state index >= 15 is 0 Å². The van der Waals surface area contributed by atoms with E-state index in [1.165, 1.54) is 0 Å². The van der Waals surface area contributed by atoms with Crippen molar-refractivity contribution in [2.24, 2.45) is 0 Å². The van der Waals surface area contributed by atoms with Gasteiger partial charge in [0.1, 0.15) is 5.75 Å². The monoisotopic (exact) mass is 392 g/mol. The van der Waals surface area contributed by atoms with Gasteiger partial charge in [0.25, 0.3) is 11.8 Å². The van der Waals surface area contributed by atoms with Crippen LogP contribution in [0.3, 0.4) is 0 Å². The normalized spacial score (nSPS) is 16.6. The lowest BCUT2D eigenvalue weighted by atomic mass is 9.86. The fourth-order valence-electron chi connectivity index (χ4n) is 3.88. The first kappa shape index (κ1) is 19.5. The van der Waals surface area contributed by atoms with E-state index in [4.69, 9.17) is 4.74 Å². The van der Waals surface area contributed by atoms with Gasteiger partial charge < -0.3 is 14.5 Å². The summed E-state index contributed by atoms with van der Waals surface area (Å²) in [6.45, 7) is 8.65. The lowest BCUT2D eigenvalue weighted by Gasteiger charge is -2.31. The summed E-state index contributed by atoms with van der Waals surface area (Å²) < 4.78 is 5.64. The van der Waals surface area contributed by atoms with E-state index in [9.17, 15) is 9.59 Å². The average Bonchev–Trinajstić information content (AvgIpc) is 3.24. The number of amides is 2. The lowest BCUT2D eigenvalue weighted by Crippen LogP contribution is -2.38. The van der Waals surface area contributed by atoms with Crippen molar-refractivity contribution in [1.82, 2.24) is 4.90 Å². The van der Waals surface area contributed by atoms with Crippen LogP contribution < -0.4 is 9.64 Å². The minimum atomic E-state index is -0.0548. The van der Waals surface area contributed by atoms with E-state index in [0.717, 1.165) is 48.5 Å². The summed E-state index contributed by atoms with van der Waals surface area (Å²) in [4.78, 5) is 28.8. The molecule has 1 saturated heterocycles. The van der Waals surface area contributed by atoms with Crippen LogP contribution in [0.1, 0.15) is 55.1 Å². The number of rotatable bonds is 3. The maximum Gasteiger partial charge on any atom is 0.265 e. The van der Waals surface area contributed by atoms with Crippen molar-refractivity contribution in [2.45, 2.75) is 45.6 Å². The van der Waals surface area contributed by atoms with E-state index in [1.807, 2.05) is 35.2 Å². The zero-order valence-electron chi connectivity index (χ0n) is 17.4. The quantitative estimate of drug-likeness (QED) is 0.789. The molecule has 0 aliphatic carbocycles. The molecule has 0 bridgehead atoms. The molecule has 4 rings (SSSR count). The van der Waals surface area contributed by atoms with Gasteiger partial charge in [-0.1, -0.05) is 39.0 Å². The number of anilines is 1. The second kappa shape index (κ2) is 7.54. The number of hydrogen-bond acceptors (Lipinski definition) is 3. The number of carbonyl (C=O) groups is 2. The first-order valence-corrected chi connectivity index (χ1v) is 10.3. The molecular weight excluding hydrogens is 364 g/mol. The van der Waals surface area contributed by atoms with E-state index in [0.29, 0.717) is 12.1 Å². The number of nitrogens with zero attached hydrogens (tertiary/aromatic N) is 2. The smallest absolute Gasteiger partial charge is 0.265 e.